The molecule has 0 bridgehead atoms. The molecule has 0 radical (unpaired) electrons. The first-order chi connectivity index (χ1) is 11.0. The Morgan fingerprint density at radius 2 is 1.74 bits per heavy atom. The molecule has 0 aliphatic heterocycles. The number of thioether (sulfide) groups is 1. The number of hydrogen-bond donors (Lipinski definition) is 1. The second-order valence-corrected chi connectivity index (χ2v) is 7.66. The lowest BCUT2D eigenvalue weighted by atomic mass is 10.3. The van der Waals surface area contributed by atoms with Gasteiger partial charge in [-0.05, 0) is 60.7 Å². The zero-order chi connectivity index (χ0) is 16.7. The van der Waals surface area contributed by atoms with Crippen LogP contribution in [-0.2, 0) is 10.0 Å². The predicted molar refractivity (Wildman–Crippen MR) is 89.9 cm³/mol. The highest BCUT2D eigenvalue weighted by atomic mass is 32.2. The van der Waals surface area contributed by atoms with Gasteiger partial charge in [-0.1, -0.05) is 0 Å². The van der Waals surface area contributed by atoms with Crippen LogP contribution in [-0.4, -0.2) is 27.8 Å². The van der Waals surface area contributed by atoms with E-state index < -0.39 is 10.0 Å². The maximum Gasteiger partial charge on any atom is 0.240 e. The number of rotatable bonds is 8. The summed E-state index contributed by atoms with van der Waals surface area (Å²) in [4.78, 5) is 1.17. The summed E-state index contributed by atoms with van der Waals surface area (Å²) in [5.41, 5.74) is 0. The fraction of sp³-hybridized carbons (Fsp3) is 0.250. The van der Waals surface area contributed by atoms with Gasteiger partial charge in [-0.3, -0.25) is 0 Å². The molecule has 2 rings (SSSR count). The summed E-state index contributed by atoms with van der Waals surface area (Å²) in [5, 5.41) is 0. The predicted octanol–water partition coefficient (Wildman–Crippen LogP) is 3.30. The number of methoxy groups -OCH3 is 1. The van der Waals surface area contributed by atoms with Gasteiger partial charge in [0, 0.05) is 11.4 Å². The lowest BCUT2D eigenvalue weighted by Gasteiger charge is -2.07. The van der Waals surface area contributed by atoms with E-state index in [1.165, 1.54) is 31.4 Å². The minimum absolute atomic E-state index is 0.212. The minimum atomic E-state index is -3.50. The number of benzene rings is 2. The second-order valence-electron chi connectivity index (χ2n) is 4.73. The van der Waals surface area contributed by atoms with Crippen LogP contribution in [0.1, 0.15) is 6.42 Å². The Morgan fingerprint density at radius 1 is 1.09 bits per heavy atom. The summed E-state index contributed by atoms with van der Waals surface area (Å²) in [5.74, 6) is 1.10. The topological polar surface area (TPSA) is 55.4 Å². The highest BCUT2D eigenvalue weighted by Gasteiger charge is 2.12. The normalized spacial score (nSPS) is 11.4. The fourth-order valence-electron chi connectivity index (χ4n) is 1.84. The molecule has 2 aromatic carbocycles. The quantitative estimate of drug-likeness (QED) is 0.583. The summed E-state index contributed by atoms with van der Waals surface area (Å²) < 4.78 is 44.5. The molecule has 0 saturated heterocycles. The molecule has 124 valence electrons. The molecule has 2 aromatic rings. The van der Waals surface area contributed by atoms with Crippen molar-refractivity contribution in [3.63, 3.8) is 0 Å². The van der Waals surface area contributed by atoms with Crippen molar-refractivity contribution in [2.45, 2.75) is 16.2 Å². The van der Waals surface area contributed by atoms with Gasteiger partial charge in [-0.15, -0.1) is 11.8 Å². The first-order valence-corrected chi connectivity index (χ1v) is 9.50. The first kappa shape index (κ1) is 17.8. The van der Waals surface area contributed by atoms with Crippen LogP contribution in [0.4, 0.5) is 4.39 Å². The van der Waals surface area contributed by atoms with Crippen LogP contribution in [0.3, 0.4) is 0 Å². The van der Waals surface area contributed by atoms with Crippen molar-refractivity contribution in [2.75, 3.05) is 19.4 Å². The van der Waals surface area contributed by atoms with Gasteiger partial charge in [0.25, 0.3) is 0 Å². The van der Waals surface area contributed by atoms with E-state index in [1.807, 2.05) is 0 Å². The summed E-state index contributed by atoms with van der Waals surface area (Å²) in [6.07, 6.45) is 0.678. The van der Waals surface area contributed by atoms with Gasteiger partial charge in [-0.25, -0.2) is 17.5 Å². The molecule has 0 heterocycles. The van der Waals surface area contributed by atoms with Crippen LogP contribution in [0.15, 0.2) is 58.3 Å². The average molecular weight is 355 g/mol. The van der Waals surface area contributed by atoms with E-state index in [2.05, 4.69) is 4.72 Å². The van der Waals surface area contributed by atoms with Crippen molar-refractivity contribution in [3.05, 3.63) is 54.3 Å². The van der Waals surface area contributed by atoms with Crippen LogP contribution in [0.5, 0.6) is 5.75 Å². The van der Waals surface area contributed by atoms with Gasteiger partial charge in [0.1, 0.15) is 11.6 Å². The standard InChI is InChI=1S/C16H18FNO3S2/c1-21-14-5-9-16(10-6-14)23(19,20)18-11-2-12-22-15-7-3-13(17)4-8-15/h3-10,18H,2,11-12H2,1H3. The van der Waals surface area contributed by atoms with Crippen LogP contribution < -0.4 is 9.46 Å². The largest absolute Gasteiger partial charge is 0.497 e. The first-order valence-electron chi connectivity index (χ1n) is 7.03. The molecule has 1 N–H and O–H groups in total. The summed E-state index contributed by atoms with van der Waals surface area (Å²) in [7, 11) is -1.97. The molecule has 7 heteroatoms. The number of halogens is 1. The van der Waals surface area contributed by atoms with E-state index in [4.69, 9.17) is 4.74 Å². The minimum Gasteiger partial charge on any atom is -0.497 e. The molecule has 4 nitrogen and oxygen atoms in total. The fourth-order valence-corrected chi connectivity index (χ4v) is 3.76. The Balaban J connectivity index is 1.77. The molecule has 0 spiro atoms. The molecule has 0 fully saturated rings. The lowest BCUT2D eigenvalue weighted by Crippen LogP contribution is -2.25. The van der Waals surface area contributed by atoms with Gasteiger partial charge in [-0.2, -0.15) is 0 Å². The van der Waals surface area contributed by atoms with E-state index in [9.17, 15) is 12.8 Å². The summed E-state index contributed by atoms with van der Waals surface area (Å²) >= 11 is 1.56. The van der Waals surface area contributed by atoms with Gasteiger partial charge in [0.05, 0.1) is 12.0 Å². The van der Waals surface area contributed by atoms with Crippen LogP contribution in [0.2, 0.25) is 0 Å². The third kappa shape index (κ3) is 5.53. The molecule has 0 aliphatic rings. The third-order valence-electron chi connectivity index (χ3n) is 3.07. The summed E-state index contributed by atoms with van der Waals surface area (Å²) in [6, 6.07) is 12.5. The molecular formula is C16H18FNO3S2. The number of hydrogen-bond acceptors (Lipinski definition) is 4. The van der Waals surface area contributed by atoms with E-state index in [1.54, 1.807) is 36.0 Å². The van der Waals surface area contributed by atoms with Gasteiger partial charge in [0.15, 0.2) is 0 Å². The van der Waals surface area contributed by atoms with Crippen LogP contribution in [0, 0.1) is 5.82 Å². The van der Waals surface area contributed by atoms with Crippen LogP contribution >= 0.6 is 11.8 Å². The molecule has 0 saturated carbocycles. The SMILES string of the molecule is COc1ccc(S(=O)(=O)NCCCSc2ccc(F)cc2)cc1. The zero-order valence-electron chi connectivity index (χ0n) is 12.7. The second kappa shape index (κ2) is 8.33. The Bertz CT molecular complexity index is 716. The monoisotopic (exact) mass is 355 g/mol. The Morgan fingerprint density at radius 3 is 2.35 bits per heavy atom. The number of sulfonamides is 1. The highest BCUT2D eigenvalue weighted by Crippen LogP contribution is 2.19. The molecule has 0 atom stereocenters. The number of ether oxygens (including phenoxy) is 1. The highest BCUT2D eigenvalue weighted by molar-refractivity contribution is 7.99. The van der Waals surface area contributed by atoms with Crippen LogP contribution in [0.25, 0.3) is 0 Å². The van der Waals surface area contributed by atoms with Crippen molar-refractivity contribution < 1.29 is 17.5 Å². The Labute approximate surface area is 140 Å². The Hall–Kier alpha value is -1.57. The zero-order valence-corrected chi connectivity index (χ0v) is 14.3. The molecule has 0 amide bonds. The molecule has 0 aromatic heterocycles. The summed E-state index contributed by atoms with van der Waals surface area (Å²) in [6.45, 7) is 0.350. The smallest absolute Gasteiger partial charge is 0.240 e. The van der Waals surface area contributed by atoms with Crippen molar-refractivity contribution in [3.8, 4) is 5.75 Å². The van der Waals surface area contributed by atoms with Crippen molar-refractivity contribution in [1.29, 1.82) is 0 Å². The van der Waals surface area contributed by atoms with Gasteiger partial charge >= 0.3 is 0 Å². The third-order valence-corrected chi connectivity index (χ3v) is 5.64. The molecule has 23 heavy (non-hydrogen) atoms. The van der Waals surface area contributed by atoms with Crippen molar-refractivity contribution in [2.24, 2.45) is 0 Å². The maximum atomic E-state index is 12.8. The average Bonchev–Trinajstić information content (AvgIpc) is 2.56. The van der Waals surface area contributed by atoms with Crippen molar-refractivity contribution in [1.82, 2.24) is 4.72 Å². The maximum absolute atomic E-state index is 12.8. The Kier molecular flexibility index (Phi) is 6.44. The van der Waals surface area contributed by atoms with E-state index in [-0.39, 0.29) is 10.7 Å². The number of nitrogens with one attached hydrogen (secondary N) is 1. The lowest BCUT2D eigenvalue weighted by molar-refractivity contribution is 0.414. The van der Waals surface area contributed by atoms with Gasteiger partial charge < -0.3 is 4.74 Å². The molecule has 0 unspecified atom stereocenters. The van der Waals surface area contributed by atoms with E-state index in [0.29, 0.717) is 18.7 Å². The van der Waals surface area contributed by atoms with E-state index in [0.717, 1.165) is 10.6 Å². The van der Waals surface area contributed by atoms with E-state index >= 15 is 0 Å². The van der Waals surface area contributed by atoms with Crippen molar-refractivity contribution >= 4 is 21.8 Å². The molecular weight excluding hydrogens is 337 g/mol. The van der Waals surface area contributed by atoms with Gasteiger partial charge in [0.2, 0.25) is 10.0 Å². The molecule has 0 aliphatic carbocycles.